The van der Waals surface area contributed by atoms with Crippen molar-refractivity contribution in [2.45, 2.75) is 13.5 Å². The van der Waals surface area contributed by atoms with Gasteiger partial charge in [0, 0.05) is 18.5 Å². The molecule has 1 aromatic carbocycles. The van der Waals surface area contributed by atoms with Crippen LogP contribution in [0.15, 0.2) is 18.2 Å². The lowest BCUT2D eigenvalue weighted by molar-refractivity contribution is -0.119. The molecule has 1 atom stereocenters. The van der Waals surface area contributed by atoms with Crippen molar-refractivity contribution in [3.8, 4) is 5.75 Å². The maximum atomic E-state index is 12.9. The van der Waals surface area contributed by atoms with Crippen molar-refractivity contribution in [3.05, 3.63) is 24.0 Å². The highest BCUT2D eigenvalue weighted by atomic mass is 19.3. The molecule has 18 heavy (non-hydrogen) atoms. The van der Waals surface area contributed by atoms with E-state index >= 15 is 0 Å². The minimum Gasteiger partial charge on any atom is -0.432 e. The van der Waals surface area contributed by atoms with Crippen LogP contribution < -0.4 is 15.8 Å². The van der Waals surface area contributed by atoms with Crippen LogP contribution in [0.1, 0.15) is 6.92 Å². The Morgan fingerprint density at radius 1 is 1.50 bits per heavy atom. The van der Waals surface area contributed by atoms with Crippen LogP contribution in [0.25, 0.3) is 0 Å². The summed E-state index contributed by atoms with van der Waals surface area (Å²) in [6.45, 7) is -1.42. The molecule has 4 nitrogen and oxygen atoms in total. The highest BCUT2D eigenvalue weighted by Crippen LogP contribution is 2.27. The minimum absolute atomic E-state index is 0.0259. The molecule has 0 heterocycles. The molecule has 0 bridgehead atoms. The largest absolute Gasteiger partial charge is 0.432 e. The van der Waals surface area contributed by atoms with Crippen molar-refractivity contribution in [3.63, 3.8) is 0 Å². The predicted molar refractivity (Wildman–Crippen MR) is 59.9 cm³/mol. The van der Waals surface area contributed by atoms with Gasteiger partial charge in [0.25, 0.3) is 0 Å². The van der Waals surface area contributed by atoms with Crippen LogP contribution in [0.2, 0.25) is 0 Å². The van der Waals surface area contributed by atoms with Gasteiger partial charge >= 0.3 is 6.61 Å². The summed E-state index contributed by atoms with van der Waals surface area (Å²) in [5, 5.41) is 2.35. The third-order valence-corrected chi connectivity index (χ3v) is 2.22. The lowest BCUT2D eigenvalue weighted by atomic mass is 10.1. The minimum atomic E-state index is -3.10. The zero-order valence-electron chi connectivity index (χ0n) is 9.62. The van der Waals surface area contributed by atoms with Gasteiger partial charge in [-0.2, -0.15) is 8.78 Å². The Morgan fingerprint density at radius 2 is 2.17 bits per heavy atom. The molecule has 100 valence electrons. The highest BCUT2D eigenvalue weighted by Gasteiger charge is 2.16. The topological polar surface area (TPSA) is 64.4 Å². The number of carbonyl (C=O) groups excluding carboxylic acids is 1. The average Bonchev–Trinajstić information content (AvgIpc) is 2.30. The van der Waals surface area contributed by atoms with Crippen LogP contribution in [0.5, 0.6) is 5.75 Å². The Labute approximate surface area is 102 Å². The van der Waals surface area contributed by atoms with Crippen LogP contribution in [0, 0.1) is 11.7 Å². The highest BCUT2D eigenvalue weighted by molar-refractivity contribution is 5.93. The van der Waals surface area contributed by atoms with Crippen LogP contribution in [-0.4, -0.2) is 19.1 Å². The molecule has 0 aliphatic rings. The molecule has 0 aliphatic heterocycles. The standard InChI is InChI=1S/C11H13F3N2O2/c1-6(5-15)10(17)16-8-3-2-7(12)4-9(8)18-11(13)14/h2-4,6,11H,5,15H2,1H3,(H,16,17). The predicted octanol–water partition coefficient (Wildman–Crippen LogP) is 1.96. The van der Waals surface area contributed by atoms with E-state index in [4.69, 9.17) is 5.73 Å². The van der Waals surface area contributed by atoms with E-state index in [0.717, 1.165) is 18.2 Å². The lowest BCUT2D eigenvalue weighted by Gasteiger charge is -2.14. The van der Waals surface area contributed by atoms with Gasteiger partial charge in [0.2, 0.25) is 5.91 Å². The van der Waals surface area contributed by atoms with Crippen molar-refractivity contribution in [1.29, 1.82) is 0 Å². The molecule has 3 N–H and O–H groups in total. The molecule has 0 aliphatic carbocycles. The van der Waals surface area contributed by atoms with Gasteiger partial charge in [0.1, 0.15) is 5.82 Å². The summed E-state index contributed by atoms with van der Waals surface area (Å²) in [7, 11) is 0. The fraction of sp³-hybridized carbons (Fsp3) is 0.364. The van der Waals surface area contributed by atoms with Crippen molar-refractivity contribution >= 4 is 11.6 Å². The fourth-order valence-electron chi connectivity index (χ4n) is 1.16. The van der Waals surface area contributed by atoms with Gasteiger partial charge in [-0.1, -0.05) is 6.92 Å². The Bertz CT molecular complexity index is 427. The lowest BCUT2D eigenvalue weighted by Crippen LogP contribution is -2.27. The number of nitrogens with two attached hydrogens (primary N) is 1. The molecule has 1 amide bonds. The van der Waals surface area contributed by atoms with Crippen LogP contribution in [0.3, 0.4) is 0 Å². The van der Waals surface area contributed by atoms with Gasteiger partial charge < -0.3 is 15.8 Å². The number of amides is 1. The molecule has 0 spiro atoms. The average molecular weight is 262 g/mol. The summed E-state index contributed by atoms with van der Waals surface area (Å²) in [5.41, 5.74) is 5.27. The second-order valence-electron chi connectivity index (χ2n) is 3.64. The van der Waals surface area contributed by atoms with E-state index < -0.39 is 30.0 Å². The van der Waals surface area contributed by atoms with Gasteiger partial charge in [-0.05, 0) is 12.1 Å². The number of hydrogen-bond acceptors (Lipinski definition) is 3. The molecule has 0 saturated carbocycles. The van der Waals surface area contributed by atoms with Crippen LogP contribution >= 0.6 is 0 Å². The summed E-state index contributed by atoms with van der Waals surface area (Å²) in [6, 6.07) is 2.95. The van der Waals surface area contributed by atoms with Gasteiger partial charge in [-0.3, -0.25) is 4.79 Å². The number of hydrogen-bond donors (Lipinski definition) is 2. The summed E-state index contributed by atoms with van der Waals surface area (Å²) >= 11 is 0. The SMILES string of the molecule is CC(CN)C(=O)Nc1ccc(F)cc1OC(F)F. The molecule has 0 aromatic heterocycles. The van der Waals surface area contributed by atoms with Crippen LogP contribution in [0.4, 0.5) is 18.9 Å². The second kappa shape index (κ2) is 6.25. The smallest absolute Gasteiger partial charge is 0.387 e. The molecular formula is C11H13F3N2O2. The molecule has 1 aromatic rings. The number of anilines is 1. The van der Waals surface area contributed by atoms with Gasteiger partial charge in [-0.25, -0.2) is 4.39 Å². The molecule has 1 rings (SSSR count). The number of alkyl halides is 2. The summed E-state index contributed by atoms with van der Waals surface area (Å²) in [6.07, 6.45) is 0. The first kappa shape index (κ1) is 14.3. The molecule has 7 heteroatoms. The van der Waals surface area contributed by atoms with E-state index in [1.807, 2.05) is 0 Å². The summed E-state index contributed by atoms with van der Waals surface area (Å²) in [5.74, 6) is -2.12. The fourth-order valence-corrected chi connectivity index (χ4v) is 1.16. The molecule has 0 fully saturated rings. The maximum Gasteiger partial charge on any atom is 0.387 e. The molecule has 1 unspecified atom stereocenters. The normalized spacial score (nSPS) is 12.3. The van der Waals surface area contributed by atoms with Gasteiger partial charge in [0.05, 0.1) is 5.69 Å². The van der Waals surface area contributed by atoms with E-state index in [0.29, 0.717) is 0 Å². The van der Waals surface area contributed by atoms with Gasteiger partial charge in [-0.15, -0.1) is 0 Å². The zero-order valence-corrected chi connectivity index (χ0v) is 9.62. The van der Waals surface area contributed by atoms with E-state index in [9.17, 15) is 18.0 Å². The Kier molecular flexibility index (Phi) is 4.96. The summed E-state index contributed by atoms with van der Waals surface area (Å²) in [4.78, 5) is 11.5. The number of carbonyl (C=O) groups is 1. The van der Waals surface area contributed by atoms with E-state index in [2.05, 4.69) is 10.1 Å². The Balaban J connectivity index is 2.90. The molecule has 0 radical (unpaired) electrons. The zero-order chi connectivity index (χ0) is 13.7. The molecular weight excluding hydrogens is 249 g/mol. The number of nitrogens with one attached hydrogen (secondary N) is 1. The number of rotatable bonds is 5. The third-order valence-electron chi connectivity index (χ3n) is 2.22. The number of benzene rings is 1. The first-order valence-corrected chi connectivity index (χ1v) is 5.19. The quantitative estimate of drug-likeness (QED) is 0.852. The summed E-state index contributed by atoms with van der Waals surface area (Å²) < 4.78 is 41.3. The van der Waals surface area contributed by atoms with Crippen LogP contribution in [-0.2, 0) is 4.79 Å². The van der Waals surface area contributed by atoms with E-state index in [1.54, 1.807) is 6.92 Å². The Morgan fingerprint density at radius 3 is 2.72 bits per heavy atom. The first-order valence-electron chi connectivity index (χ1n) is 5.19. The van der Waals surface area contributed by atoms with Gasteiger partial charge in [0.15, 0.2) is 5.75 Å². The first-order chi connectivity index (χ1) is 8.43. The third kappa shape index (κ3) is 3.92. The van der Waals surface area contributed by atoms with Crippen molar-refractivity contribution in [2.24, 2.45) is 11.7 Å². The van der Waals surface area contributed by atoms with Crippen molar-refractivity contribution in [1.82, 2.24) is 0 Å². The van der Waals surface area contributed by atoms with E-state index in [-0.39, 0.29) is 12.2 Å². The number of halogens is 3. The monoisotopic (exact) mass is 262 g/mol. The van der Waals surface area contributed by atoms with E-state index in [1.165, 1.54) is 0 Å². The maximum absolute atomic E-state index is 12.9. The number of ether oxygens (including phenoxy) is 1. The van der Waals surface area contributed by atoms with Crippen molar-refractivity contribution in [2.75, 3.05) is 11.9 Å². The molecule has 0 saturated heterocycles. The Hall–Kier alpha value is -1.76. The van der Waals surface area contributed by atoms with Crippen molar-refractivity contribution < 1.29 is 22.7 Å². The second-order valence-corrected chi connectivity index (χ2v) is 3.64.